The summed E-state index contributed by atoms with van der Waals surface area (Å²) in [7, 11) is 0. The first kappa shape index (κ1) is 15.7. The van der Waals surface area contributed by atoms with Gasteiger partial charge in [-0.25, -0.2) is 4.68 Å². The van der Waals surface area contributed by atoms with Gasteiger partial charge in [-0.2, -0.15) is 23.4 Å². The van der Waals surface area contributed by atoms with Crippen molar-refractivity contribution in [1.82, 2.24) is 20.0 Å². The maximum absolute atomic E-state index is 13.1. The molecule has 9 heteroatoms. The zero-order valence-corrected chi connectivity index (χ0v) is 13.0. The largest absolute Gasteiger partial charge is 0.392 e. The first-order valence-corrected chi connectivity index (χ1v) is 7.77. The van der Waals surface area contributed by atoms with Crippen LogP contribution in [-0.4, -0.2) is 32.1 Å². The molecule has 1 atom stereocenters. The van der Waals surface area contributed by atoms with E-state index in [1.54, 1.807) is 0 Å². The fourth-order valence-electron chi connectivity index (χ4n) is 3.38. The number of nitrogens with zero attached hydrogens (tertiary/aromatic N) is 3. The van der Waals surface area contributed by atoms with Crippen LogP contribution in [-0.2, 0) is 12.8 Å². The Labute approximate surface area is 139 Å². The van der Waals surface area contributed by atoms with Crippen molar-refractivity contribution >= 4 is 16.8 Å². The zero-order chi connectivity index (χ0) is 17.8. The van der Waals surface area contributed by atoms with Crippen LogP contribution in [0.4, 0.5) is 13.2 Å². The van der Waals surface area contributed by atoms with E-state index in [1.807, 2.05) is 24.3 Å². The second kappa shape index (κ2) is 5.33. The number of alkyl halides is 3. The number of amides is 1. The van der Waals surface area contributed by atoms with Gasteiger partial charge in [0.25, 0.3) is 5.91 Å². The highest BCUT2D eigenvalue weighted by molar-refractivity contribution is 5.93. The number of carbonyl (C=O) groups excluding carboxylic acids is 1. The first-order chi connectivity index (χ1) is 11.9. The number of hydrogen-bond donors (Lipinski definition) is 2. The summed E-state index contributed by atoms with van der Waals surface area (Å²) in [5.41, 5.74) is 6.84. The lowest BCUT2D eigenvalue weighted by Crippen LogP contribution is -2.30. The number of primary amides is 1. The Morgan fingerprint density at radius 3 is 2.80 bits per heavy atom. The molecule has 0 saturated heterocycles. The van der Waals surface area contributed by atoms with Crippen molar-refractivity contribution < 1.29 is 18.0 Å². The molecule has 0 bridgehead atoms. The standard InChI is InChI=1S/C16H14F3N5O/c17-16(18,19)8-5-6-12-10(7-8)13(14(20)25)23-24(12)15-9-3-1-2-4-11(9)21-22-15/h1-4,8H,5-7H2,(H2,20,25)(H,21,22). The summed E-state index contributed by atoms with van der Waals surface area (Å²) < 4.78 is 40.7. The van der Waals surface area contributed by atoms with Crippen LogP contribution in [0.5, 0.6) is 0 Å². The van der Waals surface area contributed by atoms with Crippen molar-refractivity contribution in [1.29, 1.82) is 0 Å². The Hall–Kier alpha value is -2.84. The highest BCUT2D eigenvalue weighted by Gasteiger charge is 2.43. The number of aromatic amines is 1. The molecule has 1 unspecified atom stereocenters. The van der Waals surface area contributed by atoms with Gasteiger partial charge in [0.15, 0.2) is 11.5 Å². The summed E-state index contributed by atoms with van der Waals surface area (Å²) in [6, 6.07) is 7.32. The highest BCUT2D eigenvalue weighted by atomic mass is 19.4. The van der Waals surface area contributed by atoms with Gasteiger partial charge in [-0.3, -0.25) is 9.89 Å². The number of fused-ring (bicyclic) bond motifs is 2. The van der Waals surface area contributed by atoms with Crippen LogP contribution in [0.3, 0.4) is 0 Å². The van der Waals surface area contributed by atoms with Crippen LogP contribution < -0.4 is 5.73 Å². The lowest BCUT2D eigenvalue weighted by atomic mass is 9.85. The van der Waals surface area contributed by atoms with Crippen LogP contribution in [0.1, 0.15) is 28.2 Å². The highest BCUT2D eigenvalue weighted by Crippen LogP contribution is 2.39. The molecule has 0 saturated carbocycles. The first-order valence-electron chi connectivity index (χ1n) is 7.77. The van der Waals surface area contributed by atoms with Crippen molar-refractivity contribution in [2.24, 2.45) is 11.7 Å². The van der Waals surface area contributed by atoms with E-state index >= 15 is 0 Å². The molecular weight excluding hydrogens is 335 g/mol. The van der Waals surface area contributed by atoms with Crippen LogP contribution in [0.25, 0.3) is 16.7 Å². The molecular formula is C16H14F3N5O. The molecule has 130 valence electrons. The van der Waals surface area contributed by atoms with Crippen molar-refractivity contribution in [2.75, 3.05) is 0 Å². The second-order valence-electron chi connectivity index (χ2n) is 6.12. The van der Waals surface area contributed by atoms with Gasteiger partial charge < -0.3 is 5.73 Å². The van der Waals surface area contributed by atoms with Crippen LogP contribution in [0.15, 0.2) is 24.3 Å². The minimum absolute atomic E-state index is 0.0528. The topological polar surface area (TPSA) is 89.6 Å². The number of benzene rings is 1. The predicted octanol–water partition coefficient (Wildman–Crippen LogP) is 2.51. The molecule has 1 aromatic carbocycles. The van der Waals surface area contributed by atoms with E-state index in [9.17, 15) is 18.0 Å². The monoisotopic (exact) mass is 349 g/mol. The van der Waals surface area contributed by atoms with Crippen LogP contribution in [0, 0.1) is 5.92 Å². The molecule has 3 aromatic rings. The van der Waals surface area contributed by atoms with Gasteiger partial charge in [-0.15, -0.1) is 0 Å². The average molecular weight is 349 g/mol. The second-order valence-corrected chi connectivity index (χ2v) is 6.12. The van der Waals surface area contributed by atoms with Gasteiger partial charge >= 0.3 is 6.18 Å². The van der Waals surface area contributed by atoms with Gasteiger partial charge in [0.05, 0.1) is 17.1 Å². The molecule has 2 aromatic heterocycles. The smallest absolute Gasteiger partial charge is 0.364 e. The van der Waals surface area contributed by atoms with Crippen LogP contribution in [0.2, 0.25) is 0 Å². The number of nitrogens with one attached hydrogen (secondary N) is 1. The molecule has 1 amide bonds. The Morgan fingerprint density at radius 1 is 1.32 bits per heavy atom. The number of hydrogen-bond acceptors (Lipinski definition) is 3. The van der Waals surface area contributed by atoms with Crippen molar-refractivity contribution in [3.05, 3.63) is 41.2 Å². The van der Waals surface area contributed by atoms with E-state index in [-0.39, 0.29) is 30.5 Å². The van der Waals surface area contributed by atoms with E-state index in [2.05, 4.69) is 15.3 Å². The number of H-pyrrole nitrogens is 1. The summed E-state index contributed by atoms with van der Waals surface area (Å²) in [6.45, 7) is 0. The summed E-state index contributed by atoms with van der Waals surface area (Å²) in [5.74, 6) is -1.88. The number of rotatable bonds is 2. The molecule has 0 spiro atoms. The van der Waals surface area contributed by atoms with E-state index in [4.69, 9.17) is 5.73 Å². The molecule has 6 nitrogen and oxygen atoms in total. The number of halogens is 3. The normalized spacial score (nSPS) is 17.6. The van der Waals surface area contributed by atoms with Gasteiger partial charge in [-0.1, -0.05) is 12.1 Å². The van der Waals surface area contributed by atoms with Gasteiger partial charge in [0, 0.05) is 10.9 Å². The predicted molar refractivity (Wildman–Crippen MR) is 83.3 cm³/mol. The molecule has 3 N–H and O–H groups in total. The number of nitrogens with two attached hydrogens (primary N) is 1. The van der Waals surface area contributed by atoms with Gasteiger partial charge in [-0.05, 0) is 31.4 Å². The molecule has 1 aliphatic rings. The lowest BCUT2D eigenvalue weighted by Gasteiger charge is -2.25. The van der Waals surface area contributed by atoms with Crippen molar-refractivity contribution in [3.63, 3.8) is 0 Å². The Morgan fingerprint density at radius 2 is 2.08 bits per heavy atom. The Balaban J connectivity index is 1.88. The van der Waals surface area contributed by atoms with E-state index < -0.39 is 18.0 Å². The molecule has 0 fully saturated rings. The third-order valence-corrected chi connectivity index (χ3v) is 4.62. The maximum Gasteiger partial charge on any atom is 0.392 e. The summed E-state index contributed by atoms with van der Waals surface area (Å²) in [6.07, 6.45) is -4.50. The van der Waals surface area contributed by atoms with E-state index in [0.29, 0.717) is 11.5 Å². The van der Waals surface area contributed by atoms with Crippen LogP contribution >= 0.6 is 0 Å². The quantitative estimate of drug-likeness (QED) is 0.745. The number of aromatic nitrogens is 4. The molecule has 4 rings (SSSR count). The lowest BCUT2D eigenvalue weighted by molar-refractivity contribution is -0.177. The summed E-state index contributed by atoms with van der Waals surface area (Å²) in [5, 5.41) is 12.0. The van der Waals surface area contributed by atoms with Gasteiger partial charge in [0.1, 0.15) is 0 Å². The van der Waals surface area contributed by atoms with Crippen molar-refractivity contribution in [3.8, 4) is 5.82 Å². The van der Waals surface area contributed by atoms with Crippen molar-refractivity contribution in [2.45, 2.75) is 25.4 Å². The third-order valence-electron chi connectivity index (χ3n) is 4.62. The Bertz CT molecular complexity index is 972. The summed E-state index contributed by atoms with van der Waals surface area (Å²) >= 11 is 0. The minimum Gasteiger partial charge on any atom is -0.364 e. The van der Waals surface area contributed by atoms with Gasteiger partial charge in [0.2, 0.25) is 0 Å². The summed E-state index contributed by atoms with van der Waals surface area (Å²) in [4.78, 5) is 11.7. The fourth-order valence-corrected chi connectivity index (χ4v) is 3.38. The molecule has 0 radical (unpaired) electrons. The minimum atomic E-state index is -4.31. The SMILES string of the molecule is NC(=O)c1nn(-c2n[nH]c3ccccc23)c2c1CC(C(F)(F)F)CC2. The zero-order valence-electron chi connectivity index (χ0n) is 13.0. The third kappa shape index (κ3) is 2.46. The van der Waals surface area contributed by atoms with E-state index in [1.165, 1.54) is 4.68 Å². The maximum atomic E-state index is 13.1. The van der Waals surface area contributed by atoms with E-state index in [0.717, 1.165) is 10.9 Å². The molecule has 1 aliphatic carbocycles. The average Bonchev–Trinajstić information content (AvgIpc) is 3.14. The number of carbonyl (C=O) groups is 1. The molecule has 0 aliphatic heterocycles. The fraction of sp³-hybridized carbons (Fsp3) is 0.312. The molecule has 25 heavy (non-hydrogen) atoms. The Kier molecular flexibility index (Phi) is 3.34. The number of para-hydroxylation sites is 1. The molecule has 2 heterocycles.